The second-order valence-corrected chi connectivity index (χ2v) is 9.12. The van der Waals surface area contributed by atoms with Crippen LogP contribution in [0.25, 0.3) is 10.8 Å². The average molecular weight is 455 g/mol. The van der Waals surface area contributed by atoms with E-state index in [1.807, 2.05) is 6.07 Å². The normalized spacial score (nSPS) is 16.4. The molecule has 0 spiro atoms. The van der Waals surface area contributed by atoms with E-state index in [4.69, 9.17) is 4.74 Å². The molecule has 10 heteroatoms. The Morgan fingerprint density at radius 3 is 2.03 bits per heavy atom. The maximum atomic E-state index is 13.5. The molecule has 1 aliphatic heterocycles. The van der Waals surface area contributed by atoms with Gasteiger partial charge >= 0.3 is 12.4 Å². The molecule has 3 rings (SSSR count). The molecule has 0 radical (unpaired) electrons. The third kappa shape index (κ3) is 4.36. The van der Waals surface area contributed by atoms with Crippen LogP contribution < -0.4 is 4.74 Å². The van der Waals surface area contributed by atoms with Gasteiger partial charge in [-0.2, -0.15) is 26.3 Å². The van der Waals surface area contributed by atoms with Gasteiger partial charge < -0.3 is 14.2 Å². The molecule has 0 aromatic heterocycles. The monoisotopic (exact) mass is 455 g/mol. The molecule has 0 atom stereocenters. The minimum atomic E-state index is -5.76. The molecule has 0 amide bonds. The highest BCUT2D eigenvalue weighted by Crippen LogP contribution is 2.46. The van der Waals surface area contributed by atoms with Gasteiger partial charge in [-0.25, -0.2) is 0 Å². The van der Waals surface area contributed by atoms with Crippen molar-refractivity contribution < 1.29 is 40.6 Å². The molecule has 166 valence electrons. The number of ether oxygens (including phenoxy) is 3. The van der Waals surface area contributed by atoms with E-state index in [1.165, 1.54) is 6.07 Å². The third-order valence-corrected chi connectivity index (χ3v) is 7.50. The zero-order valence-corrected chi connectivity index (χ0v) is 16.9. The summed E-state index contributed by atoms with van der Waals surface area (Å²) in [7, 11) is 0.955. The van der Waals surface area contributed by atoms with Gasteiger partial charge in [-0.15, -0.1) is 0 Å². The molecule has 30 heavy (non-hydrogen) atoms. The lowest BCUT2D eigenvalue weighted by Gasteiger charge is -2.36. The van der Waals surface area contributed by atoms with Gasteiger partial charge in [0.05, 0.1) is 0 Å². The van der Waals surface area contributed by atoms with Gasteiger partial charge in [0.1, 0.15) is 30.7 Å². The first-order valence-electron chi connectivity index (χ1n) is 9.19. The fourth-order valence-electron chi connectivity index (χ4n) is 3.36. The van der Waals surface area contributed by atoms with E-state index in [9.17, 15) is 26.3 Å². The maximum absolute atomic E-state index is 13.5. The topological polar surface area (TPSA) is 27.7 Å². The molecule has 2 aromatic rings. The van der Waals surface area contributed by atoms with Crippen molar-refractivity contribution in [3.63, 3.8) is 0 Å². The first-order chi connectivity index (χ1) is 14.1. The number of fused-ring (bicyclic) bond motifs is 1. The van der Waals surface area contributed by atoms with Crippen LogP contribution in [0.1, 0.15) is 12.8 Å². The van der Waals surface area contributed by atoms with Crippen LogP contribution in [0.2, 0.25) is 0 Å². The first-order valence-corrected chi connectivity index (χ1v) is 10.8. The highest BCUT2D eigenvalue weighted by atomic mass is 32.2. The summed E-state index contributed by atoms with van der Waals surface area (Å²) in [5.74, 6) is 2.00. The molecule has 1 heterocycles. The van der Waals surface area contributed by atoms with Crippen LogP contribution in [0, 0.1) is 0 Å². The minimum Gasteiger partial charge on any atom is -0.489 e. The molecular formula is C20H21F6O3S+. The molecule has 0 bridgehead atoms. The van der Waals surface area contributed by atoms with Crippen molar-refractivity contribution in [2.24, 2.45) is 0 Å². The SMILES string of the molecule is COCOC(COc1ccc([S+]2CCCC2)c2ccccc12)(C(F)(F)F)C(F)(F)F. The van der Waals surface area contributed by atoms with Crippen molar-refractivity contribution in [2.45, 2.75) is 35.7 Å². The Bertz CT molecular complexity index is 848. The first kappa shape index (κ1) is 23.0. The summed E-state index contributed by atoms with van der Waals surface area (Å²) in [5.41, 5.74) is -4.51. The Labute approximate surface area is 172 Å². The summed E-state index contributed by atoms with van der Waals surface area (Å²) in [6, 6.07) is 10.1. The van der Waals surface area contributed by atoms with Gasteiger partial charge in [0.2, 0.25) is 0 Å². The van der Waals surface area contributed by atoms with Gasteiger partial charge in [-0.3, -0.25) is 0 Å². The third-order valence-electron chi connectivity index (χ3n) is 4.96. The fraction of sp³-hybridized carbons (Fsp3) is 0.500. The summed E-state index contributed by atoms with van der Waals surface area (Å²) >= 11 is 0. The second kappa shape index (κ2) is 8.84. The Morgan fingerprint density at radius 1 is 0.867 bits per heavy atom. The number of hydrogen-bond acceptors (Lipinski definition) is 3. The zero-order valence-electron chi connectivity index (χ0n) is 16.1. The minimum absolute atomic E-state index is 0.0162. The van der Waals surface area contributed by atoms with E-state index in [0.717, 1.165) is 41.7 Å². The number of hydrogen-bond donors (Lipinski definition) is 0. The van der Waals surface area contributed by atoms with Crippen LogP contribution in [0.5, 0.6) is 5.75 Å². The van der Waals surface area contributed by atoms with Crippen LogP contribution in [0.4, 0.5) is 26.3 Å². The second-order valence-electron chi connectivity index (χ2n) is 6.88. The van der Waals surface area contributed by atoms with Crippen molar-refractivity contribution in [3.8, 4) is 5.75 Å². The summed E-state index contributed by atoms with van der Waals surface area (Å²) in [6.07, 6.45) is -9.31. The van der Waals surface area contributed by atoms with Crippen molar-refractivity contribution >= 4 is 21.7 Å². The van der Waals surface area contributed by atoms with Crippen molar-refractivity contribution in [1.82, 2.24) is 0 Å². The van der Waals surface area contributed by atoms with Crippen LogP contribution in [-0.2, 0) is 20.4 Å². The zero-order chi connectivity index (χ0) is 22.0. The molecule has 1 aliphatic rings. The predicted molar refractivity (Wildman–Crippen MR) is 102 cm³/mol. The van der Waals surface area contributed by atoms with Crippen molar-refractivity contribution in [1.29, 1.82) is 0 Å². The average Bonchev–Trinajstić information content (AvgIpc) is 3.20. The Morgan fingerprint density at radius 2 is 1.47 bits per heavy atom. The lowest BCUT2D eigenvalue weighted by atomic mass is 10.0. The van der Waals surface area contributed by atoms with Gasteiger partial charge in [-0.05, 0) is 31.0 Å². The van der Waals surface area contributed by atoms with E-state index >= 15 is 0 Å². The van der Waals surface area contributed by atoms with Crippen molar-refractivity contribution in [2.75, 3.05) is 32.0 Å². The van der Waals surface area contributed by atoms with E-state index in [-0.39, 0.29) is 16.6 Å². The van der Waals surface area contributed by atoms with Crippen molar-refractivity contribution in [3.05, 3.63) is 36.4 Å². The smallest absolute Gasteiger partial charge is 0.430 e. The highest BCUT2D eigenvalue weighted by Gasteiger charge is 2.73. The molecule has 3 nitrogen and oxygen atoms in total. The summed E-state index contributed by atoms with van der Waals surface area (Å²) in [5, 5.41) is 1.25. The summed E-state index contributed by atoms with van der Waals surface area (Å²) in [4.78, 5) is 1.06. The van der Waals surface area contributed by atoms with Crippen LogP contribution in [-0.4, -0.2) is 50.0 Å². The Balaban J connectivity index is 1.97. The highest BCUT2D eigenvalue weighted by molar-refractivity contribution is 7.97. The van der Waals surface area contributed by atoms with Crippen LogP contribution in [0.15, 0.2) is 41.3 Å². The Kier molecular flexibility index (Phi) is 6.78. The molecule has 2 aromatic carbocycles. The van der Waals surface area contributed by atoms with Crippen LogP contribution >= 0.6 is 0 Å². The fourth-order valence-corrected chi connectivity index (χ4v) is 5.86. The van der Waals surface area contributed by atoms with Crippen LogP contribution in [0.3, 0.4) is 0 Å². The quantitative estimate of drug-likeness (QED) is 0.315. The molecule has 0 aliphatic carbocycles. The van der Waals surface area contributed by atoms with E-state index in [2.05, 4.69) is 9.47 Å². The molecule has 0 saturated carbocycles. The van der Waals surface area contributed by atoms with Gasteiger partial charge in [0.25, 0.3) is 5.60 Å². The number of halogens is 6. The molecule has 1 fully saturated rings. The number of benzene rings is 2. The summed E-state index contributed by atoms with van der Waals surface area (Å²) in [6.45, 7) is -2.97. The van der Waals surface area contributed by atoms with Gasteiger partial charge in [0.15, 0.2) is 4.90 Å². The largest absolute Gasteiger partial charge is 0.489 e. The standard InChI is InChI=1S/C20H21F6O3S/c1-27-13-29-18(19(21,22)23,20(24,25)26)12-28-16-8-9-17(30-10-4-5-11-30)15-7-3-2-6-14(15)16/h2-3,6-9H,4-5,10-13H2,1H3/q+1. The number of methoxy groups -OCH3 is 1. The molecule has 0 unspecified atom stereocenters. The van der Waals surface area contributed by atoms with E-state index in [0.29, 0.717) is 5.39 Å². The van der Waals surface area contributed by atoms with E-state index in [1.54, 1.807) is 24.3 Å². The molecular weight excluding hydrogens is 434 g/mol. The summed E-state index contributed by atoms with van der Waals surface area (Å²) < 4.78 is 94.6. The maximum Gasteiger partial charge on any atom is 0.430 e. The van der Waals surface area contributed by atoms with E-state index < -0.39 is 31.4 Å². The predicted octanol–water partition coefficient (Wildman–Crippen LogP) is 5.47. The molecule has 1 saturated heterocycles. The Hall–Kier alpha value is -1.65. The van der Waals surface area contributed by atoms with Gasteiger partial charge in [-0.1, -0.05) is 18.2 Å². The lowest BCUT2D eigenvalue weighted by molar-refractivity contribution is -0.397. The molecule has 0 N–H and O–H groups in total. The number of alkyl halides is 6. The lowest BCUT2D eigenvalue weighted by Crippen LogP contribution is -2.62. The van der Waals surface area contributed by atoms with Gasteiger partial charge in [0, 0.05) is 28.8 Å². The number of rotatable bonds is 7.